The Bertz CT molecular complexity index is 874. The molecular weight excluding hydrogens is 256 g/mol. The van der Waals surface area contributed by atoms with Crippen LogP contribution < -0.4 is 11.5 Å². The summed E-state index contributed by atoms with van der Waals surface area (Å²) in [5.41, 5.74) is 11.5. The summed E-state index contributed by atoms with van der Waals surface area (Å²) in [4.78, 5) is 31.3. The molecule has 0 spiro atoms. The van der Waals surface area contributed by atoms with Gasteiger partial charge in [0, 0.05) is 17.0 Å². The number of nitrogens with two attached hydrogens (primary N) is 2. The maximum atomic E-state index is 11.4. The van der Waals surface area contributed by atoms with Gasteiger partial charge in [-0.05, 0) is 12.1 Å². The lowest BCUT2D eigenvalue weighted by molar-refractivity contribution is 0.0964. The van der Waals surface area contributed by atoms with Crippen LogP contribution in [-0.4, -0.2) is 21.8 Å². The number of rotatable bonds is 2. The van der Waals surface area contributed by atoms with E-state index in [4.69, 9.17) is 11.5 Å². The molecule has 0 fully saturated rings. The second kappa shape index (κ2) is 4.27. The Morgan fingerprint density at radius 3 is 2.40 bits per heavy atom. The molecule has 2 aromatic heterocycles. The molecule has 0 aliphatic carbocycles. The van der Waals surface area contributed by atoms with Gasteiger partial charge in [-0.2, -0.15) is 0 Å². The number of fused-ring (bicyclic) bond motifs is 3. The zero-order valence-electron chi connectivity index (χ0n) is 10.3. The highest BCUT2D eigenvalue weighted by Crippen LogP contribution is 2.23. The van der Waals surface area contributed by atoms with Crippen LogP contribution >= 0.6 is 0 Å². The van der Waals surface area contributed by atoms with E-state index in [1.165, 1.54) is 6.07 Å². The summed E-state index contributed by atoms with van der Waals surface area (Å²) in [6, 6.07) is 8.86. The Balaban J connectivity index is 2.48. The van der Waals surface area contributed by atoms with Crippen molar-refractivity contribution in [2.75, 3.05) is 0 Å². The number of primary amides is 2. The van der Waals surface area contributed by atoms with Gasteiger partial charge in [0.05, 0.1) is 16.6 Å². The van der Waals surface area contributed by atoms with Crippen LogP contribution in [0.2, 0.25) is 0 Å². The Morgan fingerprint density at radius 2 is 1.70 bits per heavy atom. The standard InChI is InChI=1S/C14H10N4O2/c15-13(19)9-6-8-4-3-7-2-1-5-17-10(7)11(8)18-12(9)14(16)20/h1-6H,(H2,15,19)(H2,16,20). The van der Waals surface area contributed by atoms with E-state index in [9.17, 15) is 9.59 Å². The molecule has 6 nitrogen and oxygen atoms in total. The van der Waals surface area contributed by atoms with Crippen molar-refractivity contribution >= 4 is 33.6 Å². The minimum Gasteiger partial charge on any atom is -0.366 e. The zero-order valence-corrected chi connectivity index (χ0v) is 10.3. The van der Waals surface area contributed by atoms with Gasteiger partial charge in [0.1, 0.15) is 5.69 Å². The Labute approximate surface area is 113 Å². The van der Waals surface area contributed by atoms with E-state index < -0.39 is 11.8 Å². The highest BCUT2D eigenvalue weighted by molar-refractivity contribution is 6.10. The van der Waals surface area contributed by atoms with E-state index in [0.717, 1.165) is 5.39 Å². The van der Waals surface area contributed by atoms with Crippen LogP contribution in [0.5, 0.6) is 0 Å². The molecule has 0 radical (unpaired) electrons. The first-order chi connectivity index (χ1) is 9.58. The number of amides is 2. The van der Waals surface area contributed by atoms with E-state index in [2.05, 4.69) is 9.97 Å². The van der Waals surface area contributed by atoms with Gasteiger partial charge in [-0.25, -0.2) is 4.98 Å². The predicted octanol–water partition coefficient (Wildman–Crippen LogP) is 0.981. The Kier molecular flexibility index (Phi) is 2.57. The highest BCUT2D eigenvalue weighted by Gasteiger charge is 2.17. The second-order valence-corrected chi connectivity index (χ2v) is 4.33. The van der Waals surface area contributed by atoms with Crippen LogP contribution in [0.25, 0.3) is 21.8 Å². The lowest BCUT2D eigenvalue weighted by Gasteiger charge is -2.07. The SMILES string of the molecule is NC(=O)c1cc2ccc3cccnc3c2nc1C(N)=O. The number of carbonyl (C=O) groups excluding carboxylic acids is 2. The Hall–Kier alpha value is -3.02. The molecule has 98 valence electrons. The summed E-state index contributed by atoms with van der Waals surface area (Å²) in [6.45, 7) is 0. The van der Waals surface area contributed by atoms with Gasteiger partial charge in [0.25, 0.3) is 11.8 Å². The fourth-order valence-electron chi connectivity index (χ4n) is 2.15. The number of nitrogens with zero attached hydrogens (tertiary/aromatic N) is 2. The third kappa shape index (κ3) is 1.74. The van der Waals surface area contributed by atoms with Crippen molar-refractivity contribution in [2.24, 2.45) is 11.5 Å². The monoisotopic (exact) mass is 266 g/mol. The fraction of sp³-hybridized carbons (Fsp3) is 0. The molecule has 2 amide bonds. The Morgan fingerprint density at radius 1 is 0.950 bits per heavy atom. The van der Waals surface area contributed by atoms with Gasteiger partial charge in [0.2, 0.25) is 0 Å². The van der Waals surface area contributed by atoms with Crippen molar-refractivity contribution in [3.05, 3.63) is 47.8 Å². The van der Waals surface area contributed by atoms with Crippen molar-refractivity contribution in [1.82, 2.24) is 9.97 Å². The third-order valence-corrected chi connectivity index (χ3v) is 3.06. The molecule has 4 N–H and O–H groups in total. The van der Waals surface area contributed by atoms with Crippen LogP contribution in [0.3, 0.4) is 0 Å². The van der Waals surface area contributed by atoms with E-state index >= 15 is 0 Å². The maximum Gasteiger partial charge on any atom is 0.268 e. The first-order valence-electron chi connectivity index (χ1n) is 5.86. The lowest BCUT2D eigenvalue weighted by Crippen LogP contribution is -2.22. The van der Waals surface area contributed by atoms with Crippen LogP contribution in [0.4, 0.5) is 0 Å². The van der Waals surface area contributed by atoms with Gasteiger partial charge >= 0.3 is 0 Å². The summed E-state index contributed by atoms with van der Waals surface area (Å²) < 4.78 is 0. The largest absolute Gasteiger partial charge is 0.366 e. The van der Waals surface area contributed by atoms with E-state index in [-0.39, 0.29) is 11.3 Å². The number of pyridine rings is 2. The van der Waals surface area contributed by atoms with Gasteiger partial charge in [0.15, 0.2) is 0 Å². The van der Waals surface area contributed by atoms with Crippen molar-refractivity contribution in [3.8, 4) is 0 Å². The minimum absolute atomic E-state index is 0.0141. The predicted molar refractivity (Wildman–Crippen MR) is 74.1 cm³/mol. The molecule has 20 heavy (non-hydrogen) atoms. The number of hydrogen-bond acceptors (Lipinski definition) is 4. The van der Waals surface area contributed by atoms with Crippen LogP contribution in [0.15, 0.2) is 36.5 Å². The molecule has 1 aromatic carbocycles. The van der Waals surface area contributed by atoms with E-state index in [1.807, 2.05) is 12.1 Å². The summed E-state index contributed by atoms with van der Waals surface area (Å²) in [7, 11) is 0. The van der Waals surface area contributed by atoms with Crippen LogP contribution in [0, 0.1) is 0 Å². The van der Waals surface area contributed by atoms with Crippen LogP contribution in [-0.2, 0) is 0 Å². The van der Waals surface area contributed by atoms with Gasteiger partial charge in [-0.3, -0.25) is 14.6 Å². The molecule has 0 unspecified atom stereocenters. The smallest absolute Gasteiger partial charge is 0.268 e. The molecule has 3 aromatic rings. The molecule has 0 bridgehead atoms. The number of carbonyl (C=O) groups is 2. The quantitative estimate of drug-likeness (QED) is 0.673. The third-order valence-electron chi connectivity index (χ3n) is 3.06. The van der Waals surface area contributed by atoms with Crippen molar-refractivity contribution in [2.45, 2.75) is 0 Å². The van der Waals surface area contributed by atoms with Gasteiger partial charge in [-0.1, -0.05) is 18.2 Å². The molecule has 6 heteroatoms. The van der Waals surface area contributed by atoms with Gasteiger partial charge < -0.3 is 11.5 Å². The number of benzene rings is 1. The normalized spacial score (nSPS) is 10.8. The number of aromatic nitrogens is 2. The molecule has 2 heterocycles. The molecule has 3 rings (SSSR count). The summed E-state index contributed by atoms with van der Waals surface area (Å²) in [5, 5.41) is 1.56. The van der Waals surface area contributed by atoms with E-state index in [0.29, 0.717) is 16.4 Å². The minimum atomic E-state index is -0.798. The summed E-state index contributed by atoms with van der Waals surface area (Å²) in [5.74, 6) is -1.54. The van der Waals surface area contributed by atoms with Gasteiger partial charge in [-0.15, -0.1) is 0 Å². The fourth-order valence-corrected chi connectivity index (χ4v) is 2.15. The molecule has 0 atom stereocenters. The van der Waals surface area contributed by atoms with E-state index in [1.54, 1.807) is 18.3 Å². The first-order valence-corrected chi connectivity index (χ1v) is 5.86. The second-order valence-electron chi connectivity index (χ2n) is 4.33. The van der Waals surface area contributed by atoms with Crippen molar-refractivity contribution < 1.29 is 9.59 Å². The summed E-state index contributed by atoms with van der Waals surface area (Å²) in [6.07, 6.45) is 1.63. The molecular formula is C14H10N4O2. The van der Waals surface area contributed by atoms with Crippen LogP contribution in [0.1, 0.15) is 20.8 Å². The van der Waals surface area contributed by atoms with Crippen molar-refractivity contribution in [1.29, 1.82) is 0 Å². The lowest BCUT2D eigenvalue weighted by atomic mass is 10.1. The highest BCUT2D eigenvalue weighted by atomic mass is 16.2. The topological polar surface area (TPSA) is 112 Å². The first kappa shape index (κ1) is 12.0. The summed E-state index contributed by atoms with van der Waals surface area (Å²) >= 11 is 0. The average Bonchev–Trinajstić information content (AvgIpc) is 2.45. The maximum absolute atomic E-state index is 11.4. The van der Waals surface area contributed by atoms with Crippen molar-refractivity contribution in [3.63, 3.8) is 0 Å². The molecule has 0 saturated heterocycles. The number of hydrogen-bond donors (Lipinski definition) is 2. The molecule has 0 aliphatic rings. The molecule has 0 aliphatic heterocycles. The average molecular weight is 266 g/mol. The molecule has 0 saturated carbocycles. The zero-order chi connectivity index (χ0) is 14.3.